The fourth-order valence-corrected chi connectivity index (χ4v) is 1.94. The van der Waals surface area contributed by atoms with E-state index in [1.54, 1.807) is 18.5 Å². The van der Waals surface area contributed by atoms with E-state index in [0.29, 0.717) is 23.0 Å². The van der Waals surface area contributed by atoms with Crippen LogP contribution in [0, 0.1) is 0 Å². The van der Waals surface area contributed by atoms with Crippen molar-refractivity contribution in [1.82, 2.24) is 15.1 Å². The molecule has 0 unspecified atom stereocenters. The molecule has 3 aromatic rings. The first-order chi connectivity index (χ1) is 9.78. The molecule has 3 rings (SSSR count). The predicted octanol–water partition coefficient (Wildman–Crippen LogP) is 2.94. The van der Waals surface area contributed by atoms with Crippen molar-refractivity contribution in [1.29, 1.82) is 0 Å². The van der Waals surface area contributed by atoms with Crippen molar-refractivity contribution in [2.24, 2.45) is 0 Å². The van der Waals surface area contributed by atoms with E-state index in [2.05, 4.69) is 34.2 Å². The largest absolute Gasteiger partial charge is 0.397 e. The molecular weight excluding hydrogens is 252 g/mol. The van der Waals surface area contributed by atoms with Crippen LogP contribution in [0.25, 0.3) is 22.8 Å². The van der Waals surface area contributed by atoms with Gasteiger partial charge in [0, 0.05) is 11.8 Å². The summed E-state index contributed by atoms with van der Waals surface area (Å²) >= 11 is 0. The predicted molar refractivity (Wildman–Crippen MR) is 76.8 cm³/mol. The Hall–Kier alpha value is -2.69. The molecule has 2 aromatic heterocycles. The quantitative estimate of drug-likeness (QED) is 0.788. The molecule has 0 saturated heterocycles. The first kappa shape index (κ1) is 12.3. The number of nitrogens with zero attached hydrogens (tertiary/aromatic N) is 3. The number of benzene rings is 1. The number of hydrogen-bond acceptors (Lipinski definition) is 5. The second kappa shape index (κ2) is 5.13. The minimum absolute atomic E-state index is 0.402. The maximum Gasteiger partial charge on any atom is 0.260 e. The van der Waals surface area contributed by atoms with Gasteiger partial charge in [0.05, 0.1) is 17.4 Å². The topological polar surface area (TPSA) is 77.8 Å². The van der Waals surface area contributed by atoms with Crippen LogP contribution in [0.2, 0.25) is 0 Å². The van der Waals surface area contributed by atoms with E-state index in [-0.39, 0.29) is 0 Å². The second-order valence-electron chi connectivity index (χ2n) is 4.44. The molecule has 0 spiro atoms. The molecule has 2 heterocycles. The van der Waals surface area contributed by atoms with Crippen molar-refractivity contribution in [3.05, 3.63) is 48.3 Å². The fourth-order valence-electron chi connectivity index (χ4n) is 1.94. The van der Waals surface area contributed by atoms with Gasteiger partial charge in [-0.2, -0.15) is 4.98 Å². The van der Waals surface area contributed by atoms with Gasteiger partial charge in [-0.15, -0.1) is 0 Å². The number of aryl methyl sites for hydroxylation is 1. The van der Waals surface area contributed by atoms with Crippen molar-refractivity contribution < 1.29 is 4.52 Å². The van der Waals surface area contributed by atoms with Crippen molar-refractivity contribution in [2.75, 3.05) is 5.73 Å². The molecule has 0 saturated carbocycles. The Morgan fingerprint density at radius 1 is 1.15 bits per heavy atom. The van der Waals surface area contributed by atoms with Gasteiger partial charge in [-0.1, -0.05) is 36.3 Å². The van der Waals surface area contributed by atoms with E-state index >= 15 is 0 Å². The highest BCUT2D eigenvalue weighted by atomic mass is 16.5. The Kier molecular flexibility index (Phi) is 3.16. The van der Waals surface area contributed by atoms with Gasteiger partial charge in [-0.3, -0.25) is 4.98 Å². The van der Waals surface area contributed by atoms with E-state index in [4.69, 9.17) is 10.3 Å². The van der Waals surface area contributed by atoms with Crippen LogP contribution in [0.3, 0.4) is 0 Å². The molecule has 0 radical (unpaired) electrons. The number of anilines is 1. The number of nitrogens with two attached hydrogens (primary N) is 1. The summed E-state index contributed by atoms with van der Waals surface area (Å²) in [6.07, 6.45) is 4.21. The number of nitrogen functional groups attached to an aromatic ring is 1. The molecular formula is C15H14N4O. The van der Waals surface area contributed by atoms with Gasteiger partial charge in [0.1, 0.15) is 0 Å². The second-order valence-corrected chi connectivity index (χ2v) is 4.44. The molecule has 0 aliphatic carbocycles. The van der Waals surface area contributed by atoms with Crippen molar-refractivity contribution >= 4 is 5.69 Å². The van der Waals surface area contributed by atoms with Gasteiger partial charge in [0.2, 0.25) is 5.82 Å². The zero-order valence-electron chi connectivity index (χ0n) is 11.1. The summed E-state index contributed by atoms with van der Waals surface area (Å²) < 4.78 is 5.27. The van der Waals surface area contributed by atoms with Crippen LogP contribution < -0.4 is 5.73 Å². The molecule has 0 bridgehead atoms. The highest BCUT2D eigenvalue weighted by Crippen LogP contribution is 2.25. The molecule has 0 amide bonds. The third-order valence-electron chi connectivity index (χ3n) is 3.13. The van der Waals surface area contributed by atoms with Gasteiger partial charge in [-0.05, 0) is 18.1 Å². The summed E-state index contributed by atoms with van der Waals surface area (Å²) in [6.45, 7) is 2.12. The van der Waals surface area contributed by atoms with E-state index < -0.39 is 0 Å². The summed E-state index contributed by atoms with van der Waals surface area (Å²) in [6, 6.07) is 9.86. The molecule has 0 fully saturated rings. The maximum absolute atomic E-state index is 5.85. The highest BCUT2D eigenvalue weighted by Gasteiger charge is 2.12. The lowest BCUT2D eigenvalue weighted by molar-refractivity contribution is 0.432. The smallest absolute Gasteiger partial charge is 0.260 e. The minimum atomic E-state index is 0.402. The number of rotatable bonds is 3. The molecule has 5 nitrogen and oxygen atoms in total. The monoisotopic (exact) mass is 266 g/mol. The number of hydrogen-bond donors (Lipinski definition) is 1. The standard InChI is InChI=1S/C15H14N4O/c1-2-10-3-5-11(6-4-10)14-18-15(20-19-14)12-7-8-17-9-13(12)16/h3-9H,2,16H2,1H3. The van der Waals surface area contributed by atoms with Gasteiger partial charge in [0.25, 0.3) is 5.89 Å². The molecule has 0 aliphatic heterocycles. The SMILES string of the molecule is CCc1ccc(-c2noc(-c3ccncc3N)n2)cc1. The molecule has 20 heavy (non-hydrogen) atoms. The zero-order chi connectivity index (χ0) is 13.9. The average molecular weight is 266 g/mol. The summed E-state index contributed by atoms with van der Waals surface area (Å²) in [7, 11) is 0. The van der Waals surface area contributed by atoms with E-state index in [9.17, 15) is 0 Å². The normalized spacial score (nSPS) is 10.7. The lowest BCUT2D eigenvalue weighted by Crippen LogP contribution is -1.91. The third kappa shape index (κ3) is 2.25. The molecule has 0 atom stereocenters. The molecule has 2 N–H and O–H groups in total. The van der Waals surface area contributed by atoms with Crippen LogP contribution in [0.4, 0.5) is 5.69 Å². The summed E-state index contributed by atoms with van der Waals surface area (Å²) in [5.41, 5.74) is 9.26. The Morgan fingerprint density at radius 3 is 2.65 bits per heavy atom. The van der Waals surface area contributed by atoms with Crippen molar-refractivity contribution in [3.8, 4) is 22.8 Å². The van der Waals surface area contributed by atoms with Crippen LogP contribution >= 0.6 is 0 Å². The van der Waals surface area contributed by atoms with E-state index in [1.807, 2.05) is 12.1 Å². The molecule has 5 heteroatoms. The Labute approximate surface area is 116 Å². The average Bonchev–Trinajstić information content (AvgIpc) is 2.97. The maximum atomic E-state index is 5.85. The molecule has 0 aliphatic rings. The first-order valence-corrected chi connectivity index (χ1v) is 6.41. The van der Waals surface area contributed by atoms with E-state index in [1.165, 1.54) is 5.56 Å². The van der Waals surface area contributed by atoms with Crippen LogP contribution in [0.5, 0.6) is 0 Å². The van der Waals surface area contributed by atoms with Gasteiger partial charge in [0.15, 0.2) is 0 Å². The summed E-state index contributed by atoms with van der Waals surface area (Å²) in [5.74, 6) is 0.957. The van der Waals surface area contributed by atoms with Crippen molar-refractivity contribution in [3.63, 3.8) is 0 Å². The Bertz CT molecular complexity index is 719. The van der Waals surface area contributed by atoms with Crippen LogP contribution in [0.15, 0.2) is 47.2 Å². The number of aromatic nitrogens is 3. The van der Waals surface area contributed by atoms with Crippen LogP contribution in [-0.2, 0) is 6.42 Å². The number of pyridine rings is 1. The fraction of sp³-hybridized carbons (Fsp3) is 0.133. The zero-order valence-corrected chi connectivity index (χ0v) is 11.1. The Morgan fingerprint density at radius 2 is 1.95 bits per heavy atom. The Balaban J connectivity index is 1.95. The summed E-state index contributed by atoms with van der Waals surface area (Å²) in [5, 5.41) is 4.00. The summed E-state index contributed by atoms with van der Waals surface area (Å²) in [4.78, 5) is 8.32. The van der Waals surface area contributed by atoms with Gasteiger partial charge < -0.3 is 10.3 Å². The van der Waals surface area contributed by atoms with Gasteiger partial charge >= 0.3 is 0 Å². The van der Waals surface area contributed by atoms with E-state index in [0.717, 1.165) is 12.0 Å². The lowest BCUT2D eigenvalue weighted by atomic mass is 10.1. The third-order valence-corrected chi connectivity index (χ3v) is 3.13. The van der Waals surface area contributed by atoms with Crippen LogP contribution in [-0.4, -0.2) is 15.1 Å². The van der Waals surface area contributed by atoms with Gasteiger partial charge in [-0.25, -0.2) is 0 Å². The highest BCUT2D eigenvalue weighted by molar-refractivity contribution is 5.70. The van der Waals surface area contributed by atoms with Crippen molar-refractivity contribution in [2.45, 2.75) is 13.3 Å². The van der Waals surface area contributed by atoms with Crippen LogP contribution in [0.1, 0.15) is 12.5 Å². The molecule has 100 valence electrons. The minimum Gasteiger partial charge on any atom is -0.397 e. The molecule has 1 aromatic carbocycles. The first-order valence-electron chi connectivity index (χ1n) is 6.41. The lowest BCUT2D eigenvalue weighted by Gasteiger charge is -1.98.